The molecule has 2 heterocycles. The van der Waals surface area contributed by atoms with Gasteiger partial charge in [-0.1, -0.05) is 13.0 Å². The summed E-state index contributed by atoms with van der Waals surface area (Å²) in [7, 11) is 0. The van der Waals surface area contributed by atoms with E-state index in [1.165, 1.54) is 12.3 Å². The molecule has 26 heavy (non-hydrogen) atoms. The number of carbonyl (C=O) groups excluding carboxylic acids is 1. The van der Waals surface area contributed by atoms with Crippen molar-refractivity contribution in [3.63, 3.8) is 0 Å². The van der Waals surface area contributed by atoms with Crippen molar-refractivity contribution in [2.75, 3.05) is 19.6 Å². The lowest BCUT2D eigenvalue weighted by Crippen LogP contribution is -2.42. The molecule has 0 saturated carbocycles. The van der Waals surface area contributed by atoms with Crippen molar-refractivity contribution < 1.29 is 18.0 Å². The van der Waals surface area contributed by atoms with Crippen molar-refractivity contribution in [3.05, 3.63) is 47.8 Å². The van der Waals surface area contributed by atoms with Crippen LogP contribution in [0.1, 0.15) is 35.8 Å². The zero-order valence-electron chi connectivity index (χ0n) is 14.4. The minimum Gasteiger partial charge on any atom is -0.351 e. The summed E-state index contributed by atoms with van der Waals surface area (Å²) >= 11 is 0. The molecule has 1 fully saturated rings. The SMILES string of the molecule is CC1(CNC(=O)c2cccc(-n3ccc(C(F)(F)F)n3)c2)CCNCC1. The second-order valence-corrected chi connectivity index (χ2v) is 6.94. The summed E-state index contributed by atoms with van der Waals surface area (Å²) in [6, 6.07) is 7.32. The summed E-state index contributed by atoms with van der Waals surface area (Å²) in [6.07, 6.45) is -1.29. The van der Waals surface area contributed by atoms with Gasteiger partial charge in [0.25, 0.3) is 5.91 Å². The lowest BCUT2D eigenvalue weighted by molar-refractivity contribution is -0.141. The highest BCUT2D eigenvalue weighted by atomic mass is 19.4. The van der Waals surface area contributed by atoms with Crippen LogP contribution < -0.4 is 10.6 Å². The Balaban J connectivity index is 1.70. The number of alkyl halides is 3. The van der Waals surface area contributed by atoms with E-state index in [0.29, 0.717) is 17.8 Å². The van der Waals surface area contributed by atoms with Crippen LogP contribution in [0.25, 0.3) is 5.69 Å². The summed E-state index contributed by atoms with van der Waals surface area (Å²) in [4.78, 5) is 12.4. The Morgan fingerprint density at radius 3 is 2.69 bits per heavy atom. The molecule has 0 radical (unpaired) electrons. The van der Waals surface area contributed by atoms with Crippen LogP contribution in [0, 0.1) is 5.41 Å². The third-order valence-corrected chi connectivity index (χ3v) is 4.74. The maximum absolute atomic E-state index is 12.7. The summed E-state index contributed by atoms with van der Waals surface area (Å²) in [5, 5.41) is 9.77. The van der Waals surface area contributed by atoms with Crippen LogP contribution in [0.4, 0.5) is 13.2 Å². The van der Waals surface area contributed by atoms with Gasteiger partial charge in [-0.05, 0) is 55.6 Å². The number of benzene rings is 1. The molecule has 0 spiro atoms. The molecule has 1 aliphatic heterocycles. The number of hydrogen-bond donors (Lipinski definition) is 2. The van der Waals surface area contributed by atoms with Crippen LogP contribution in [0.2, 0.25) is 0 Å². The highest BCUT2D eigenvalue weighted by molar-refractivity contribution is 5.94. The van der Waals surface area contributed by atoms with E-state index in [9.17, 15) is 18.0 Å². The maximum atomic E-state index is 12.7. The summed E-state index contributed by atoms with van der Waals surface area (Å²) < 4.78 is 39.2. The molecule has 8 heteroatoms. The van der Waals surface area contributed by atoms with Crippen molar-refractivity contribution in [2.45, 2.75) is 25.9 Å². The Hall–Kier alpha value is -2.35. The molecular formula is C18H21F3N4O. The van der Waals surface area contributed by atoms with Gasteiger partial charge < -0.3 is 10.6 Å². The van der Waals surface area contributed by atoms with Crippen LogP contribution in [0.3, 0.4) is 0 Å². The van der Waals surface area contributed by atoms with Crippen molar-refractivity contribution in [1.82, 2.24) is 20.4 Å². The number of nitrogens with zero attached hydrogens (tertiary/aromatic N) is 2. The maximum Gasteiger partial charge on any atom is 0.435 e. The van der Waals surface area contributed by atoms with Gasteiger partial charge in [0.2, 0.25) is 0 Å². The topological polar surface area (TPSA) is 59.0 Å². The van der Waals surface area contributed by atoms with Gasteiger partial charge >= 0.3 is 6.18 Å². The first-order valence-corrected chi connectivity index (χ1v) is 8.49. The molecule has 140 valence electrons. The minimum atomic E-state index is -4.50. The largest absolute Gasteiger partial charge is 0.435 e. The van der Waals surface area contributed by atoms with Crippen molar-refractivity contribution in [2.24, 2.45) is 5.41 Å². The van der Waals surface area contributed by atoms with Gasteiger partial charge in [0.05, 0.1) is 5.69 Å². The molecule has 1 aliphatic rings. The number of amides is 1. The fourth-order valence-corrected chi connectivity index (χ4v) is 3.01. The second-order valence-electron chi connectivity index (χ2n) is 6.94. The van der Waals surface area contributed by atoms with Crippen molar-refractivity contribution >= 4 is 5.91 Å². The molecule has 2 N–H and O–H groups in total. The number of piperidine rings is 1. The van der Waals surface area contributed by atoms with E-state index in [-0.39, 0.29) is 11.3 Å². The van der Waals surface area contributed by atoms with Crippen LogP contribution in [0.5, 0.6) is 0 Å². The third kappa shape index (κ3) is 4.24. The number of hydrogen-bond acceptors (Lipinski definition) is 3. The fraction of sp³-hybridized carbons (Fsp3) is 0.444. The molecule has 1 saturated heterocycles. The first-order valence-electron chi connectivity index (χ1n) is 8.49. The minimum absolute atomic E-state index is 0.0577. The number of aromatic nitrogens is 2. The van der Waals surface area contributed by atoms with E-state index in [1.807, 2.05) is 0 Å². The zero-order chi connectivity index (χ0) is 18.8. The van der Waals surface area contributed by atoms with Crippen LogP contribution in [-0.2, 0) is 6.18 Å². The van der Waals surface area contributed by atoms with Gasteiger partial charge in [-0.3, -0.25) is 4.79 Å². The number of carbonyl (C=O) groups is 1. The van der Waals surface area contributed by atoms with Crippen LogP contribution >= 0.6 is 0 Å². The Bertz CT molecular complexity index is 779. The Labute approximate surface area is 149 Å². The fourth-order valence-electron chi connectivity index (χ4n) is 3.01. The summed E-state index contributed by atoms with van der Waals surface area (Å²) in [5.41, 5.74) is -0.112. The lowest BCUT2D eigenvalue weighted by atomic mass is 9.81. The van der Waals surface area contributed by atoms with E-state index >= 15 is 0 Å². The quantitative estimate of drug-likeness (QED) is 0.875. The van der Waals surface area contributed by atoms with E-state index in [1.54, 1.807) is 18.2 Å². The zero-order valence-corrected chi connectivity index (χ0v) is 14.4. The highest BCUT2D eigenvalue weighted by Crippen LogP contribution is 2.28. The van der Waals surface area contributed by atoms with E-state index in [4.69, 9.17) is 0 Å². The first kappa shape index (κ1) is 18.4. The van der Waals surface area contributed by atoms with Crippen molar-refractivity contribution in [3.8, 4) is 5.69 Å². The van der Waals surface area contributed by atoms with Crippen molar-refractivity contribution in [1.29, 1.82) is 0 Å². The number of rotatable bonds is 4. The molecule has 1 aromatic heterocycles. The lowest BCUT2D eigenvalue weighted by Gasteiger charge is -2.34. The summed E-state index contributed by atoms with van der Waals surface area (Å²) in [5.74, 6) is -0.241. The summed E-state index contributed by atoms with van der Waals surface area (Å²) in [6.45, 7) is 4.58. The molecule has 1 aromatic carbocycles. The number of halogens is 3. The first-order chi connectivity index (χ1) is 12.3. The average molecular weight is 366 g/mol. The van der Waals surface area contributed by atoms with Gasteiger partial charge in [0.1, 0.15) is 0 Å². The molecule has 0 bridgehead atoms. The molecular weight excluding hydrogens is 345 g/mol. The second kappa shape index (κ2) is 7.11. The van der Waals surface area contributed by atoms with Crippen LogP contribution in [0.15, 0.2) is 36.5 Å². The molecule has 0 atom stereocenters. The van der Waals surface area contributed by atoms with Gasteiger partial charge in [-0.25, -0.2) is 4.68 Å². The molecule has 2 aromatic rings. The number of nitrogens with one attached hydrogen (secondary N) is 2. The Kier molecular flexibility index (Phi) is 5.04. The molecule has 0 unspecified atom stereocenters. The van der Waals surface area contributed by atoms with Gasteiger partial charge in [0.15, 0.2) is 5.69 Å². The Morgan fingerprint density at radius 1 is 1.31 bits per heavy atom. The standard InChI is InChI=1S/C18H21F3N4O/c1-17(6-8-22-9-7-17)12-23-16(26)13-3-2-4-14(11-13)25-10-5-15(24-25)18(19,20)21/h2-5,10-11,22H,6-9,12H2,1H3,(H,23,26). The van der Waals surface area contributed by atoms with E-state index in [0.717, 1.165) is 36.7 Å². The molecule has 5 nitrogen and oxygen atoms in total. The predicted octanol–water partition coefficient (Wildman–Crippen LogP) is 3.01. The monoisotopic (exact) mass is 366 g/mol. The predicted molar refractivity (Wildman–Crippen MR) is 91.1 cm³/mol. The third-order valence-electron chi connectivity index (χ3n) is 4.74. The normalized spacial score (nSPS) is 17.1. The highest BCUT2D eigenvalue weighted by Gasteiger charge is 2.33. The smallest absolute Gasteiger partial charge is 0.351 e. The average Bonchev–Trinajstić information content (AvgIpc) is 3.11. The Morgan fingerprint density at radius 2 is 2.04 bits per heavy atom. The van der Waals surface area contributed by atoms with Gasteiger partial charge in [-0.15, -0.1) is 0 Å². The van der Waals surface area contributed by atoms with E-state index < -0.39 is 11.9 Å². The molecule has 0 aliphatic carbocycles. The van der Waals surface area contributed by atoms with Crippen LogP contribution in [-0.4, -0.2) is 35.3 Å². The van der Waals surface area contributed by atoms with Gasteiger partial charge in [0, 0.05) is 18.3 Å². The van der Waals surface area contributed by atoms with E-state index in [2.05, 4.69) is 22.7 Å². The molecule has 1 amide bonds. The molecule has 3 rings (SSSR count). The van der Waals surface area contributed by atoms with Gasteiger partial charge in [-0.2, -0.15) is 18.3 Å².